The maximum atomic E-state index is 9.58. The number of hydrogen-bond donors (Lipinski definition) is 0. The fourth-order valence-corrected chi connectivity index (χ4v) is 3.03. The lowest BCUT2D eigenvalue weighted by atomic mass is 9.89. The van der Waals surface area contributed by atoms with E-state index in [-0.39, 0.29) is 11.8 Å². The summed E-state index contributed by atoms with van der Waals surface area (Å²) >= 11 is 0. The Morgan fingerprint density at radius 3 is 2.45 bits per heavy atom. The Morgan fingerprint density at radius 1 is 1.18 bits per heavy atom. The molecule has 0 radical (unpaired) electrons. The molecule has 1 aromatic carbocycles. The molecule has 0 aromatic heterocycles. The Balaban J connectivity index is 2.12. The van der Waals surface area contributed by atoms with Crippen molar-refractivity contribution >= 4 is 5.84 Å². The zero-order chi connectivity index (χ0) is 15.8. The van der Waals surface area contributed by atoms with Gasteiger partial charge in [0.1, 0.15) is 11.8 Å². The van der Waals surface area contributed by atoms with Crippen molar-refractivity contribution in [2.75, 3.05) is 13.1 Å². The second-order valence-electron chi connectivity index (χ2n) is 5.85. The third kappa shape index (κ3) is 4.09. The molecule has 1 aliphatic rings. The van der Waals surface area contributed by atoms with Crippen LogP contribution in [0.3, 0.4) is 0 Å². The molecule has 22 heavy (non-hydrogen) atoms. The molecule has 0 bridgehead atoms. The highest BCUT2D eigenvalue weighted by Crippen LogP contribution is 2.25. The van der Waals surface area contributed by atoms with Crippen molar-refractivity contribution in [1.82, 2.24) is 4.90 Å². The molecule has 1 aromatic rings. The second-order valence-corrected chi connectivity index (χ2v) is 5.85. The molecule has 2 unspecified atom stereocenters. The molecular formula is C18H22N4. The smallest absolute Gasteiger partial charge is 0.207 e. The van der Waals surface area contributed by atoms with E-state index in [4.69, 9.17) is 5.26 Å². The Bertz CT molecular complexity index is 573. The van der Waals surface area contributed by atoms with Crippen LogP contribution in [0.15, 0.2) is 35.3 Å². The minimum atomic E-state index is -0.326. The molecule has 0 saturated carbocycles. The molecule has 0 aliphatic carbocycles. The molecule has 1 fully saturated rings. The summed E-state index contributed by atoms with van der Waals surface area (Å²) in [7, 11) is 0. The number of amidine groups is 1. The lowest BCUT2D eigenvalue weighted by molar-refractivity contribution is 0.328. The van der Waals surface area contributed by atoms with Gasteiger partial charge in [0.15, 0.2) is 0 Å². The summed E-state index contributed by atoms with van der Waals surface area (Å²) in [5, 5.41) is 18.6. The number of nitrogens with zero attached hydrogens (tertiary/aromatic N) is 4. The quantitative estimate of drug-likeness (QED) is 0.483. The van der Waals surface area contributed by atoms with Crippen molar-refractivity contribution in [2.45, 2.75) is 38.5 Å². The van der Waals surface area contributed by atoms with Crippen LogP contribution in [0.2, 0.25) is 0 Å². The Morgan fingerprint density at radius 2 is 1.86 bits per heavy atom. The zero-order valence-corrected chi connectivity index (χ0v) is 13.1. The van der Waals surface area contributed by atoms with E-state index in [1.54, 1.807) is 0 Å². The van der Waals surface area contributed by atoms with Gasteiger partial charge in [-0.2, -0.15) is 15.5 Å². The number of benzene rings is 1. The highest BCUT2D eigenvalue weighted by molar-refractivity contribution is 5.87. The van der Waals surface area contributed by atoms with E-state index in [0.29, 0.717) is 12.3 Å². The zero-order valence-electron chi connectivity index (χ0n) is 13.1. The third-order valence-corrected chi connectivity index (χ3v) is 4.27. The molecule has 4 heteroatoms. The molecule has 0 amide bonds. The fraction of sp³-hybridized carbons (Fsp3) is 0.500. The van der Waals surface area contributed by atoms with Crippen LogP contribution in [-0.2, 0) is 0 Å². The maximum absolute atomic E-state index is 9.58. The predicted molar refractivity (Wildman–Crippen MR) is 87.0 cm³/mol. The highest BCUT2D eigenvalue weighted by atomic mass is 15.2. The molecular weight excluding hydrogens is 272 g/mol. The van der Waals surface area contributed by atoms with Gasteiger partial charge in [0.25, 0.3) is 0 Å². The first-order valence-electron chi connectivity index (χ1n) is 7.92. The van der Waals surface area contributed by atoms with E-state index in [9.17, 15) is 5.26 Å². The number of rotatable bonds is 4. The topological polar surface area (TPSA) is 63.2 Å². The molecule has 1 saturated heterocycles. The van der Waals surface area contributed by atoms with Crippen LogP contribution in [-0.4, -0.2) is 23.8 Å². The van der Waals surface area contributed by atoms with E-state index < -0.39 is 0 Å². The molecule has 1 heterocycles. The average molecular weight is 294 g/mol. The average Bonchev–Trinajstić information content (AvgIpc) is 2.59. The molecule has 2 atom stereocenters. The molecule has 4 nitrogen and oxygen atoms in total. The van der Waals surface area contributed by atoms with Crippen LogP contribution in [0.25, 0.3) is 0 Å². The van der Waals surface area contributed by atoms with Crippen molar-refractivity contribution in [2.24, 2.45) is 10.9 Å². The molecule has 2 rings (SSSR count). The summed E-state index contributed by atoms with van der Waals surface area (Å²) in [4.78, 5) is 6.11. The van der Waals surface area contributed by atoms with Gasteiger partial charge in [-0.3, -0.25) is 0 Å². The van der Waals surface area contributed by atoms with Crippen molar-refractivity contribution < 1.29 is 0 Å². The molecule has 0 N–H and O–H groups in total. The lowest BCUT2D eigenvalue weighted by Crippen LogP contribution is -2.39. The van der Waals surface area contributed by atoms with Gasteiger partial charge in [-0.1, -0.05) is 37.3 Å². The van der Waals surface area contributed by atoms with Crippen LogP contribution in [0.1, 0.15) is 44.1 Å². The van der Waals surface area contributed by atoms with E-state index in [1.165, 1.54) is 12.0 Å². The summed E-state index contributed by atoms with van der Waals surface area (Å²) in [5.74, 6) is 0.597. The maximum Gasteiger partial charge on any atom is 0.207 e. The van der Waals surface area contributed by atoms with Crippen molar-refractivity contribution in [1.29, 1.82) is 10.5 Å². The molecule has 0 spiro atoms. The summed E-state index contributed by atoms with van der Waals surface area (Å²) < 4.78 is 0. The van der Waals surface area contributed by atoms with Crippen molar-refractivity contribution in [3.05, 3.63) is 35.9 Å². The van der Waals surface area contributed by atoms with Gasteiger partial charge in [0, 0.05) is 13.1 Å². The van der Waals surface area contributed by atoms with Crippen LogP contribution in [0, 0.1) is 28.7 Å². The summed E-state index contributed by atoms with van der Waals surface area (Å²) in [6, 6.07) is 12.6. The number of aliphatic imine (C=N–C) groups is 1. The third-order valence-electron chi connectivity index (χ3n) is 4.27. The van der Waals surface area contributed by atoms with Gasteiger partial charge >= 0.3 is 0 Å². The number of likely N-dealkylation sites (tertiary alicyclic amines) is 1. The monoisotopic (exact) mass is 294 g/mol. The predicted octanol–water partition coefficient (Wildman–Crippen LogP) is 3.69. The van der Waals surface area contributed by atoms with Crippen molar-refractivity contribution in [3.63, 3.8) is 0 Å². The van der Waals surface area contributed by atoms with Crippen LogP contribution >= 0.6 is 0 Å². The van der Waals surface area contributed by atoms with E-state index in [2.05, 4.69) is 35.0 Å². The number of hydrogen-bond acceptors (Lipinski definition) is 3. The standard InChI is InChI=1S/C18H22N4/c1-15(16-8-4-2-5-9-16)12-17(13-19)18(21-14-20)22-10-6-3-7-11-22/h2,4-5,8-9,15,17H,3,6-7,10-12H2,1H3/b21-18-. The first-order valence-corrected chi connectivity index (χ1v) is 7.92. The molecule has 1 aliphatic heterocycles. The number of piperidine rings is 1. The number of nitriles is 2. The summed E-state index contributed by atoms with van der Waals surface area (Å²) in [5.41, 5.74) is 1.22. The highest BCUT2D eigenvalue weighted by Gasteiger charge is 2.25. The van der Waals surface area contributed by atoms with E-state index in [0.717, 1.165) is 25.9 Å². The minimum absolute atomic E-state index is 0.263. The van der Waals surface area contributed by atoms with Gasteiger partial charge in [-0.15, -0.1) is 0 Å². The van der Waals surface area contributed by atoms with Gasteiger partial charge in [0.2, 0.25) is 6.19 Å². The van der Waals surface area contributed by atoms with Crippen LogP contribution in [0.5, 0.6) is 0 Å². The minimum Gasteiger partial charge on any atom is -0.358 e. The van der Waals surface area contributed by atoms with Crippen LogP contribution < -0.4 is 0 Å². The first-order chi connectivity index (χ1) is 10.8. The normalized spacial score (nSPS) is 18.1. The van der Waals surface area contributed by atoms with E-state index >= 15 is 0 Å². The lowest BCUT2D eigenvalue weighted by Gasteiger charge is -2.31. The Hall–Kier alpha value is -2.33. The first kappa shape index (κ1) is 16.0. The van der Waals surface area contributed by atoms with E-state index in [1.807, 2.05) is 24.4 Å². The van der Waals surface area contributed by atoms with Crippen LogP contribution in [0.4, 0.5) is 0 Å². The SMILES string of the molecule is CC(CC(C#N)/C(=N/C#N)N1CCCCC1)c1ccccc1. The fourth-order valence-electron chi connectivity index (χ4n) is 3.03. The van der Waals surface area contributed by atoms with Crippen molar-refractivity contribution in [3.8, 4) is 12.3 Å². The van der Waals surface area contributed by atoms with Gasteiger partial charge in [-0.25, -0.2) is 0 Å². The van der Waals surface area contributed by atoms with Gasteiger partial charge in [0.05, 0.1) is 6.07 Å². The second kappa shape index (κ2) is 8.20. The Kier molecular flexibility index (Phi) is 5.98. The summed E-state index contributed by atoms with van der Waals surface area (Å²) in [6.07, 6.45) is 6.01. The molecule has 114 valence electrons. The largest absolute Gasteiger partial charge is 0.358 e. The van der Waals surface area contributed by atoms with Gasteiger partial charge < -0.3 is 4.90 Å². The Labute approximate surface area is 132 Å². The van der Waals surface area contributed by atoms with Gasteiger partial charge in [-0.05, 0) is 37.2 Å². The summed E-state index contributed by atoms with van der Waals surface area (Å²) in [6.45, 7) is 3.93.